The first-order valence-corrected chi connectivity index (χ1v) is 3.97. The molecule has 0 aromatic carbocycles. The monoisotopic (exact) mass is 205 g/mol. The Kier molecular flexibility index (Phi) is 18.1. The van der Waals surface area contributed by atoms with Crippen LogP contribution in [0.15, 0.2) is 0 Å². The summed E-state index contributed by atoms with van der Waals surface area (Å²) in [5.74, 6) is 0. The fourth-order valence-corrected chi connectivity index (χ4v) is 0. The van der Waals surface area contributed by atoms with E-state index in [1.165, 1.54) is 0 Å². The van der Waals surface area contributed by atoms with Crippen molar-refractivity contribution in [3.8, 4) is 0 Å². The molecule has 1 unspecified atom stereocenters. The first-order chi connectivity index (χ1) is 3.00. The summed E-state index contributed by atoms with van der Waals surface area (Å²) in [5.41, 5.74) is 0. The molecule has 0 aliphatic rings. The Morgan fingerprint density at radius 2 is 1.62 bits per heavy atom. The second-order valence-corrected chi connectivity index (χ2v) is 2.64. The van der Waals surface area contributed by atoms with Crippen LogP contribution in [0, 0.1) is 0 Å². The van der Waals surface area contributed by atoms with Crippen molar-refractivity contribution in [3.05, 3.63) is 0 Å². The summed E-state index contributed by atoms with van der Waals surface area (Å²) < 4.78 is 17.2. The Morgan fingerprint density at radius 3 is 1.62 bits per heavy atom. The zero-order chi connectivity index (χ0) is 6.50. The molecule has 8 heavy (non-hydrogen) atoms. The molecule has 43 valence electrons. The van der Waals surface area contributed by atoms with E-state index >= 15 is 0 Å². The maximum atomic E-state index is 8.98. The van der Waals surface area contributed by atoms with Crippen molar-refractivity contribution >= 4 is 18.2 Å². The molecule has 0 saturated heterocycles. The summed E-state index contributed by atoms with van der Waals surface area (Å²) >= 11 is 5.15. The van der Waals surface area contributed by atoms with Crippen LogP contribution in [-0.4, -0.2) is 4.89 Å². The topological polar surface area (TPSA) is 77.4 Å². The first-order valence-electron chi connectivity index (χ1n) is 0.917. The minimum atomic E-state index is -4.42. The van der Waals surface area contributed by atoms with Crippen LogP contribution < -0.4 is 34.5 Å². The van der Waals surface area contributed by atoms with E-state index in [0.29, 0.717) is 0 Å². The number of halogens is 1. The molecule has 0 aromatic heterocycles. The van der Waals surface area contributed by atoms with Crippen LogP contribution >= 0.6 is 18.2 Å². The zero-order valence-electron chi connectivity index (χ0n) is 3.94. The van der Waals surface area contributed by atoms with Crippen molar-refractivity contribution in [1.82, 2.24) is 0 Å². The van der Waals surface area contributed by atoms with Gasteiger partial charge in [-0.15, -0.1) is 0 Å². The van der Waals surface area contributed by atoms with Gasteiger partial charge in [-0.3, -0.25) is 4.57 Å². The molecule has 0 amide bonds. The Bertz CT molecular complexity index is 71.8. The van der Waals surface area contributed by atoms with E-state index in [2.05, 4.69) is 11.2 Å². The average molecular weight is 205 g/mol. The fraction of sp³-hybridized carbons (Fsp3) is 0. The molecule has 0 radical (unpaired) electrons. The standard InChI is InChI=1S/ClH2O3P.Na.O.V/c1-5(2,3)4;;;/h(H2,2,3,4);;;/q;+1;;/p-1. The van der Waals surface area contributed by atoms with Gasteiger partial charge in [0.1, 0.15) is 0 Å². The molecule has 0 heterocycles. The zero-order valence-corrected chi connectivity index (χ0v) is 8.99. The molecule has 0 bridgehead atoms. The third kappa shape index (κ3) is 109. The molecular weight excluding hydrogens is 204 g/mol. The van der Waals surface area contributed by atoms with Crippen molar-refractivity contribution < 1.29 is 65.0 Å². The van der Waals surface area contributed by atoms with Gasteiger partial charge in [-0.05, 0) is 11.2 Å². The number of rotatable bonds is 0. The van der Waals surface area contributed by atoms with Gasteiger partial charge in [0.05, 0.1) is 0 Å². The molecule has 0 fully saturated rings. The van der Waals surface area contributed by atoms with Gasteiger partial charge >= 0.3 is 50.6 Å². The minimum absolute atomic E-state index is 0. The van der Waals surface area contributed by atoms with Gasteiger partial charge in [0.15, 0.2) is 0 Å². The molecule has 0 saturated carbocycles. The van der Waals surface area contributed by atoms with Crippen LogP contribution in [-0.2, 0) is 25.6 Å². The van der Waals surface area contributed by atoms with E-state index in [4.69, 9.17) is 18.0 Å². The van der Waals surface area contributed by atoms with Gasteiger partial charge in [-0.25, -0.2) is 0 Å². The Labute approximate surface area is 82.4 Å². The predicted molar refractivity (Wildman–Crippen MR) is 16.4 cm³/mol. The van der Waals surface area contributed by atoms with E-state index in [0.717, 1.165) is 17.4 Å². The van der Waals surface area contributed by atoms with E-state index in [1.54, 1.807) is 0 Å². The van der Waals surface area contributed by atoms with Crippen molar-refractivity contribution in [2.45, 2.75) is 0 Å². The molecule has 0 aromatic rings. The van der Waals surface area contributed by atoms with Crippen molar-refractivity contribution in [2.24, 2.45) is 0 Å². The maximum absolute atomic E-state index is 8.98. The van der Waals surface area contributed by atoms with Gasteiger partial charge in [-0.1, -0.05) is 0 Å². The van der Waals surface area contributed by atoms with Gasteiger partial charge < -0.3 is 9.79 Å². The normalized spacial score (nSPS) is 13.8. The van der Waals surface area contributed by atoms with Crippen molar-refractivity contribution in [1.29, 1.82) is 0 Å². The van der Waals surface area contributed by atoms with E-state index < -0.39 is 6.95 Å². The second-order valence-electron chi connectivity index (χ2n) is 0.451. The summed E-state index contributed by atoms with van der Waals surface area (Å²) in [6.07, 6.45) is 0. The Balaban J connectivity index is -0.0000000750. The van der Waals surface area contributed by atoms with Gasteiger partial charge in [0.25, 0.3) is 0 Å². The van der Waals surface area contributed by atoms with Gasteiger partial charge in [0.2, 0.25) is 6.95 Å². The molecule has 1 atom stereocenters. The van der Waals surface area contributed by atoms with E-state index in [1.807, 2.05) is 0 Å². The predicted octanol–water partition coefficient (Wildman–Crippen LogP) is -3.43. The number of hydrogen-bond donors (Lipinski definition) is 1. The van der Waals surface area contributed by atoms with Crippen LogP contribution in [0.5, 0.6) is 0 Å². The van der Waals surface area contributed by atoms with Crippen molar-refractivity contribution in [3.63, 3.8) is 0 Å². The quantitative estimate of drug-likeness (QED) is 0.330. The molecule has 0 aliphatic carbocycles. The molecule has 0 spiro atoms. The Hall–Kier alpha value is 1.82. The van der Waals surface area contributed by atoms with Crippen LogP contribution in [0.3, 0.4) is 0 Å². The van der Waals surface area contributed by atoms with E-state index in [9.17, 15) is 0 Å². The fourth-order valence-electron chi connectivity index (χ4n) is 0. The average Bonchev–Trinajstić information content (AvgIpc) is 1.36. The third-order valence-electron chi connectivity index (χ3n) is 0. The van der Waals surface area contributed by atoms with Crippen LogP contribution in [0.1, 0.15) is 0 Å². The van der Waals surface area contributed by atoms with Crippen LogP contribution in [0.2, 0.25) is 0 Å². The Morgan fingerprint density at radius 1 is 1.62 bits per heavy atom. The van der Waals surface area contributed by atoms with Crippen LogP contribution in [0.25, 0.3) is 0 Å². The molecule has 4 nitrogen and oxygen atoms in total. The molecule has 1 N–H and O–H groups in total. The number of hydrogen-bond acceptors (Lipinski definition) is 3. The second kappa shape index (κ2) is 8.82. The summed E-state index contributed by atoms with van der Waals surface area (Å²) in [7, 11) is 0. The molecule has 8 heteroatoms. The van der Waals surface area contributed by atoms with Crippen molar-refractivity contribution in [2.75, 3.05) is 0 Å². The van der Waals surface area contributed by atoms with Gasteiger partial charge in [0, 0.05) is 0 Å². The molecule has 0 rings (SSSR count). The third-order valence-corrected chi connectivity index (χ3v) is 0. The summed E-state index contributed by atoms with van der Waals surface area (Å²) in [6, 6.07) is 0. The van der Waals surface area contributed by atoms with E-state index in [-0.39, 0.29) is 29.6 Å². The molecule has 0 aliphatic heterocycles. The van der Waals surface area contributed by atoms with Crippen LogP contribution in [0.4, 0.5) is 0 Å². The first kappa shape index (κ1) is 16.4. The SMILES string of the molecule is O=P([O-])(O)Cl.[Na+].[O]=[V]. The van der Waals surface area contributed by atoms with Gasteiger partial charge in [-0.2, -0.15) is 0 Å². The summed E-state index contributed by atoms with van der Waals surface area (Å²) in [6.45, 7) is -4.42. The summed E-state index contributed by atoms with van der Waals surface area (Å²) in [5, 5.41) is 0. The summed E-state index contributed by atoms with van der Waals surface area (Å²) in [4.78, 5) is 16.3. The molecular formula is HClNaO4PV.